The minimum atomic E-state index is -0.894. The summed E-state index contributed by atoms with van der Waals surface area (Å²) in [6.45, 7) is 1.61. The zero-order chi connectivity index (χ0) is 18.3. The van der Waals surface area contributed by atoms with Crippen molar-refractivity contribution < 1.29 is 19.1 Å². The maximum absolute atomic E-state index is 12.6. The second-order valence-electron chi connectivity index (χ2n) is 6.90. The molecule has 26 heavy (non-hydrogen) atoms. The first-order valence-electron chi connectivity index (χ1n) is 8.94. The van der Waals surface area contributed by atoms with Crippen LogP contribution in [0.5, 0.6) is 0 Å². The van der Waals surface area contributed by atoms with Gasteiger partial charge in [0.2, 0.25) is 11.8 Å². The van der Waals surface area contributed by atoms with Gasteiger partial charge in [-0.1, -0.05) is 25.0 Å². The summed E-state index contributed by atoms with van der Waals surface area (Å²) >= 11 is 1.46. The molecule has 1 saturated carbocycles. The maximum Gasteiger partial charge on any atom is 0.329 e. The Kier molecular flexibility index (Phi) is 4.48. The van der Waals surface area contributed by atoms with Gasteiger partial charge in [-0.3, -0.25) is 14.5 Å². The smallest absolute Gasteiger partial charge is 0.329 e. The minimum absolute atomic E-state index is 0.0472. The molecule has 6 nitrogen and oxygen atoms in total. The van der Waals surface area contributed by atoms with Gasteiger partial charge in [0.15, 0.2) is 0 Å². The molecule has 2 heterocycles. The van der Waals surface area contributed by atoms with Crippen LogP contribution in [0.2, 0.25) is 0 Å². The van der Waals surface area contributed by atoms with Gasteiger partial charge in [0.1, 0.15) is 17.7 Å². The van der Waals surface area contributed by atoms with Crippen molar-refractivity contribution in [3.63, 3.8) is 0 Å². The fourth-order valence-electron chi connectivity index (χ4n) is 3.91. The monoisotopic (exact) mass is 372 g/mol. The molecule has 1 aromatic heterocycles. The number of likely N-dealkylation sites (tertiary alicyclic amines) is 1. The molecule has 0 bridgehead atoms. The van der Waals surface area contributed by atoms with Crippen molar-refractivity contribution in [1.82, 2.24) is 9.88 Å². The molecule has 1 saturated heterocycles. The van der Waals surface area contributed by atoms with Gasteiger partial charge in [0.25, 0.3) is 0 Å². The highest BCUT2D eigenvalue weighted by Crippen LogP contribution is 2.39. The third-order valence-corrected chi connectivity index (χ3v) is 6.29. The van der Waals surface area contributed by atoms with Crippen LogP contribution in [0, 0.1) is 11.8 Å². The Bertz CT molecular complexity index is 820. The van der Waals surface area contributed by atoms with Crippen LogP contribution in [0.25, 0.3) is 10.2 Å². The number of hydrogen-bond donors (Lipinski definition) is 0. The van der Waals surface area contributed by atoms with E-state index in [0.717, 1.165) is 40.8 Å². The molecule has 0 spiro atoms. The molecule has 2 amide bonds. The molecule has 3 atom stereocenters. The molecule has 2 aromatic rings. The lowest BCUT2D eigenvalue weighted by atomic mass is 9.81. The maximum atomic E-state index is 12.6. The predicted octanol–water partition coefficient (Wildman–Crippen LogP) is 2.90. The third kappa shape index (κ3) is 2.90. The van der Waals surface area contributed by atoms with Gasteiger partial charge in [-0.15, -0.1) is 11.3 Å². The molecular formula is C19H20N2O4S. The first-order valence-corrected chi connectivity index (χ1v) is 9.76. The largest absolute Gasteiger partial charge is 0.457 e. The fraction of sp³-hybridized carbons (Fsp3) is 0.474. The van der Waals surface area contributed by atoms with Gasteiger partial charge >= 0.3 is 5.97 Å². The van der Waals surface area contributed by atoms with Crippen molar-refractivity contribution >= 4 is 39.3 Å². The molecule has 2 fully saturated rings. The number of ether oxygens (including phenoxy) is 1. The average Bonchev–Trinajstić information content (AvgIpc) is 3.18. The molecule has 4 rings (SSSR count). The Labute approximate surface area is 155 Å². The molecule has 1 aliphatic carbocycles. The number of carbonyl (C=O) groups excluding carboxylic acids is 3. The quantitative estimate of drug-likeness (QED) is 0.609. The number of rotatable bonds is 4. The Hall–Kier alpha value is -2.28. The first kappa shape index (κ1) is 17.1. The molecule has 1 aliphatic heterocycles. The van der Waals surface area contributed by atoms with E-state index in [9.17, 15) is 14.4 Å². The number of aromatic nitrogens is 1. The number of amides is 2. The molecular weight excluding hydrogens is 352 g/mol. The lowest BCUT2D eigenvalue weighted by molar-refractivity contribution is -0.159. The highest BCUT2D eigenvalue weighted by atomic mass is 32.1. The van der Waals surface area contributed by atoms with Gasteiger partial charge in [-0.25, -0.2) is 9.78 Å². The van der Waals surface area contributed by atoms with Crippen LogP contribution in [-0.4, -0.2) is 33.7 Å². The van der Waals surface area contributed by atoms with E-state index in [0.29, 0.717) is 5.01 Å². The normalized spacial score (nSPS) is 24.0. The number of nitrogens with zero attached hydrogens (tertiary/aromatic N) is 2. The molecule has 0 unspecified atom stereocenters. The van der Waals surface area contributed by atoms with Crippen molar-refractivity contribution in [3.05, 3.63) is 29.3 Å². The summed E-state index contributed by atoms with van der Waals surface area (Å²) in [5.41, 5.74) is 0.866. The molecule has 136 valence electrons. The lowest BCUT2D eigenvalue weighted by Gasteiger charge is -2.21. The van der Waals surface area contributed by atoms with E-state index in [2.05, 4.69) is 4.98 Å². The number of hydrogen-bond acceptors (Lipinski definition) is 6. The fourth-order valence-corrected chi connectivity index (χ4v) is 4.79. The van der Waals surface area contributed by atoms with Crippen molar-refractivity contribution in [2.45, 2.75) is 45.3 Å². The molecule has 0 N–H and O–H groups in total. The zero-order valence-electron chi connectivity index (χ0n) is 14.5. The number of imide groups is 1. The molecule has 2 aliphatic rings. The summed E-state index contributed by atoms with van der Waals surface area (Å²) in [4.78, 5) is 43.1. The van der Waals surface area contributed by atoms with E-state index in [4.69, 9.17) is 4.74 Å². The van der Waals surface area contributed by atoms with Gasteiger partial charge < -0.3 is 4.74 Å². The second kappa shape index (κ2) is 6.79. The number of esters is 1. The summed E-state index contributed by atoms with van der Waals surface area (Å²) in [5.74, 6) is -1.51. The van der Waals surface area contributed by atoms with Crippen LogP contribution in [0.4, 0.5) is 0 Å². The van der Waals surface area contributed by atoms with Crippen molar-refractivity contribution in [2.75, 3.05) is 0 Å². The van der Waals surface area contributed by atoms with Crippen LogP contribution in [0.3, 0.4) is 0 Å². The van der Waals surface area contributed by atoms with E-state index in [1.54, 1.807) is 6.92 Å². The Morgan fingerprint density at radius 2 is 1.88 bits per heavy atom. The highest BCUT2D eigenvalue weighted by Gasteiger charge is 2.51. The van der Waals surface area contributed by atoms with E-state index in [1.807, 2.05) is 24.3 Å². The van der Waals surface area contributed by atoms with Crippen LogP contribution in [0.15, 0.2) is 24.3 Å². The minimum Gasteiger partial charge on any atom is -0.457 e. The summed E-state index contributed by atoms with van der Waals surface area (Å²) < 4.78 is 6.37. The van der Waals surface area contributed by atoms with Crippen molar-refractivity contribution in [2.24, 2.45) is 11.8 Å². The summed E-state index contributed by atoms with van der Waals surface area (Å²) in [5, 5.41) is 0.694. The average molecular weight is 372 g/mol. The molecule has 0 radical (unpaired) electrons. The Morgan fingerprint density at radius 3 is 2.54 bits per heavy atom. The predicted molar refractivity (Wildman–Crippen MR) is 96.2 cm³/mol. The van der Waals surface area contributed by atoms with Gasteiger partial charge in [-0.05, 0) is 31.9 Å². The summed E-state index contributed by atoms with van der Waals surface area (Å²) in [6, 6.07) is 6.81. The SMILES string of the molecule is C[C@@H](C(=O)OCc1nc2ccccc2s1)N1C(=O)[C@@H]2CCCC[C@H]2C1=O. The topological polar surface area (TPSA) is 76.6 Å². The van der Waals surface area contributed by atoms with E-state index < -0.39 is 12.0 Å². The highest BCUT2D eigenvalue weighted by molar-refractivity contribution is 7.18. The van der Waals surface area contributed by atoms with Crippen molar-refractivity contribution in [1.29, 1.82) is 0 Å². The van der Waals surface area contributed by atoms with Crippen molar-refractivity contribution in [3.8, 4) is 0 Å². The van der Waals surface area contributed by atoms with Crippen LogP contribution >= 0.6 is 11.3 Å². The molecule has 7 heteroatoms. The van der Waals surface area contributed by atoms with Crippen LogP contribution in [0.1, 0.15) is 37.6 Å². The molecule has 1 aromatic carbocycles. The number of fused-ring (bicyclic) bond motifs is 2. The summed E-state index contributed by atoms with van der Waals surface area (Å²) in [6.07, 6.45) is 3.40. The Balaban J connectivity index is 1.42. The number of para-hydroxylation sites is 1. The van der Waals surface area contributed by atoms with Gasteiger partial charge in [0, 0.05) is 0 Å². The van der Waals surface area contributed by atoms with Crippen LogP contribution < -0.4 is 0 Å². The van der Waals surface area contributed by atoms with Crippen LogP contribution in [-0.2, 0) is 25.7 Å². The lowest BCUT2D eigenvalue weighted by Crippen LogP contribution is -2.44. The number of benzene rings is 1. The van der Waals surface area contributed by atoms with E-state index in [1.165, 1.54) is 11.3 Å². The second-order valence-corrected chi connectivity index (χ2v) is 8.02. The first-order chi connectivity index (χ1) is 12.6. The third-order valence-electron chi connectivity index (χ3n) is 5.28. The zero-order valence-corrected chi connectivity index (χ0v) is 15.3. The Morgan fingerprint density at radius 1 is 1.23 bits per heavy atom. The van der Waals surface area contributed by atoms with E-state index >= 15 is 0 Å². The van der Waals surface area contributed by atoms with Gasteiger partial charge in [-0.2, -0.15) is 0 Å². The number of thiazole rings is 1. The standard InChI is InChI=1S/C19H20N2O4S/c1-11(21-17(22)12-6-2-3-7-13(12)18(21)23)19(24)25-10-16-20-14-8-4-5-9-15(14)26-16/h4-5,8-9,11-13H,2-3,6-7,10H2,1H3/t11-,12+,13+/m0/s1. The summed E-state index contributed by atoms with van der Waals surface area (Å²) in [7, 11) is 0. The number of carbonyl (C=O) groups is 3. The van der Waals surface area contributed by atoms with Gasteiger partial charge in [0.05, 0.1) is 22.1 Å². The van der Waals surface area contributed by atoms with E-state index in [-0.39, 0.29) is 30.3 Å².